The van der Waals surface area contributed by atoms with Gasteiger partial charge in [-0.2, -0.15) is 5.10 Å². The van der Waals surface area contributed by atoms with Crippen molar-refractivity contribution in [3.63, 3.8) is 0 Å². The molecule has 68 valence electrons. The molecule has 3 heteroatoms. The van der Waals surface area contributed by atoms with Crippen molar-refractivity contribution in [2.75, 3.05) is 0 Å². The first-order valence-electron chi connectivity index (χ1n) is 4.31. The fraction of sp³-hybridized carbons (Fsp3) is 0.667. The molecule has 0 aliphatic carbocycles. The standard InChI is InChI=1S/C9H16N2O/c1-4-9(12)6-8-5-7(2)10-11(8)3/h5,9,12H,4,6H2,1-3H3. The molecule has 0 aromatic carbocycles. The quantitative estimate of drug-likeness (QED) is 0.732. The van der Waals surface area contributed by atoms with E-state index in [-0.39, 0.29) is 6.10 Å². The smallest absolute Gasteiger partial charge is 0.0596 e. The maximum absolute atomic E-state index is 9.40. The zero-order valence-corrected chi connectivity index (χ0v) is 7.91. The summed E-state index contributed by atoms with van der Waals surface area (Å²) in [5.74, 6) is 0. The Morgan fingerprint density at radius 2 is 2.33 bits per heavy atom. The van der Waals surface area contributed by atoms with Gasteiger partial charge in [0.15, 0.2) is 0 Å². The molecule has 1 unspecified atom stereocenters. The first-order valence-corrected chi connectivity index (χ1v) is 4.31. The Balaban J connectivity index is 2.68. The second-order valence-corrected chi connectivity index (χ2v) is 3.17. The molecule has 0 bridgehead atoms. The van der Waals surface area contributed by atoms with Gasteiger partial charge in [0.1, 0.15) is 0 Å². The molecule has 0 fully saturated rings. The van der Waals surface area contributed by atoms with Crippen LogP contribution in [0.3, 0.4) is 0 Å². The number of aliphatic hydroxyl groups is 1. The molecule has 1 rings (SSSR count). The van der Waals surface area contributed by atoms with Crippen molar-refractivity contribution in [3.8, 4) is 0 Å². The van der Waals surface area contributed by atoms with Crippen LogP contribution < -0.4 is 0 Å². The van der Waals surface area contributed by atoms with Crippen molar-refractivity contribution in [1.82, 2.24) is 9.78 Å². The van der Waals surface area contributed by atoms with Gasteiger partial charge in [0.2, 0.25) is 0 Å². The minimum atomic E-state index is -0.236. The van der Waals surface area contributed by atoms with Crippen LogP contribution >= 0.6 is 0 Å². The van der Waals surface area contributed by atoms with Crippen molar-refractivity contribution in [2.24, 2.45) is 7.05 Å². The van der Waals surface area contributed by atoms with E-state index in [1.807, 2.05) is 31.6 Å². The average molecular weight is 168 g/mol. The summed E-state index contributed by atoms with van der Waals surface area (Å²) in [6.45, 7) is 3.94. The van der Waals surface area contributed by atoms with Crippen LogP contribution in [0, 0.1) is 6.92 Å². The molecule has 0 aliphatic rings. The summed E-state index contributed by atoms with van der Waals surface area (Å²) in [5, 5.41) is 13.6. The Hall–Kier alpha value is -0.830. The van der Waals surface area contributed by atoms with Crippen molar-refractivity contribution >= 4 is 0 Å². The second kappa shape index (κ2) is 3.72. The summed E-state index contributed by atoms with van der Waals surface area (Å²) in [6.07, 6.45) is 1.26. The second-order valence-electron chi connectivity index (χ2n) is 3.17. The van der Waals surface area contributed by atoms with E-state index in [1.54, 1.807) is 0 Å². The van der Waals surface area contributed by atoms with Crippen LogP contribution in [0.15, 0.2) is 6.07 Å². The third kappa shape index (κ3) is 2.08. The summed E-state index contributed by atoms with van der Waals surface area (Å²) >= 11 is 0. The first kappa shape index (κ1) is 9.26. The van der Waals surface area contributed by atoms with Crippen molar-refractivity contribution in [2.45, 2.75) is 32.8 Å². The fourth-order valence-corrected chi connectivity index (χ4v) is 1.24. The zero-order chi connectivity index (χ0) is 9.14. The molecule has 0 radical (unpaired) electrons. The van der Waals surface area contributed by atoms with Crippen LogP contribution in [0.25, 0.3) is 0 Å². The minimum absolute atomic E-state index is 0.236. The van der Waals surface area contributed by atoms with E-state index >= 15 is 0 Å². The molecule has 0 saturated carbocycles. The van der Waals surface area contributed by atoms with E-state index in [0.29, 0.717) is 6.42 Å². The number of aliphatic hydroxyl groups excluding tert-OH is 1. The molecule has 0 saturated heterocycles. The number of hydrogen-bond acceptors (Lipinski definition) is 2. The van der Waals surface area contributed by atoms with Crippen LogP contribution in [0.4, 0.5) is 0 Å². The lowest BCUT2D eigenvalue weighted by atomic mass is 10.1. The van der Waals surface area contributed by atoms with E-state index in [0.717, 1.165) is 17.8 Å². The maximum atomic E-state index is 9.40. The third-order valence-electron chi connectivity index (χ3n) is 2.01. The molecule has 1 N–H and O–H groups in total. The monoisotopic (exact) mass is 168 g/mol. The zero-order valence-electron chi connectivity index (χ0n) is 7.91. The van der Waals surface area contributed by atoms with Crippen molar-refractivity contribution in [1.29, 1.82) is 0 Å². The fourth-order valence-electron chi connectivity index (χ4n) is 1.24. The lowest BCUT2D eigenvalue weighted by Gasteiger charge is -2.06. The Bertz CT molecular complexity index is 255. The number of rotatable bonds is 3. The molecule has 0 amide bonds. The summed E-state index contributed by atoms with van der Waals surface area (Å²) < 4.78 is 1.83. The van der Waals surface area contributed by atoms with Gasteiger partial charge in [0.05, 0.1) is 11.8 Å². The number of nitrogens with zero attached hydrogens (tertiary/aromatic N) is 2. The first-order chi connectivity index (χ1) is 5.63. The van der Waals surface area contributed by atoms with Crippen molar-refractivity contribution in [3.05, 3.63) is 17.5 Å². The lowest BCUT2D eigenvalue weighted by molar-refractivity contribution is 0.168. The van der Waals surface area contributed by atoms with E-state index < -0.39 is 0 Å². The average Bonchev–Trinajstić information content (AvgIpc) is 2.30. The summed E-state index contributed by atoms with van der Waals surface area (Å²) in [7, 11) is 1.91. The normalized spacial score (nSPS) is 13.3. The van der Waals surface area contributed by atoms with E-state index in [9.17, 15) is 5.11 Å². The highest BCUT2D eigenvalue weighted by molar-refractivity contribution is 5.09. The predicted molar refractivity (Wildman–Crippen MR) is 47.9 cm³/mol. The van der Waals surface area contributed by atoms with Gasteiger partial charge in [-0.15, -0.1) is 0 Å². The molecule has 1 heterocycles. The highest BCUT2D eigenvalue weighted by Gasteiger charge is 2.06. The summed E-state index contributed by atoms with van der Waals surface area (Å²) in [5.41, 5.74) is 2.11. The van der Waals surface area contributed by atoms with Gasteiger partial charge in [-0.25, -0.2) is 0 Å². The third-order valence-corrected chi connectivity index (χ3v) is 2.01. The predicted octanol–water partition coefficient (Wildman–Crippen LogP) is 1.04. The van der Waals surface area contributed by atoms with Crippen LogP contribution in [0.1, 0.15) is 24.7 Å². The van der Waals surface area contributed by atoms with Gasteiger partial charge in [0.25, 0.3) is 0 Å². The minimum Gasteiger partial charge on any atom is -0.393 e. The Kier molecular flexibility index (Phi) is 2.87. The topological polar surface area (TPSA) is 38.1 Å². The molecule has 12 heavy (non-hydrogen) atoms. The molecule has 3 nitrogen and oxygen atoms in total. The van der Waals surface area contributed by atoms with E-state index in [4.69, 9.17) is 0 Å². The summed E-state index contributed by atoms with van der Waals surface area (Å²) in [4.78, 5) is 0. The molecule has 0 spiro atoms. The van der Waals surface area contributed by atoms with Gasteiger partial charge in [-0.05, 0) is 19.4 Å². The van der Waals surface area contributed by atoms with Gasteiger partial charge in [-0.3, -0.25) is 4.68 Å². The highest BCUT2D eigenvalue weighted by Crippen LogP contribution is 2.06. The van der Waals surface area contributed by atoms with E-state index in [2.05, 4.69) is 5.10 Å². The largest absolute Gasteiger partial charge is 0.393 e. The lowest BCUT2D eigenvalue weighted by Crippen LogP contribution is -2.11. The Morgan fingerprint density at radius 3 is 2.75 bits per heavy atom. The van der Waals surface area contributed by atoms with E-state index in [1.165, 1.54) is 0 Å². The molecular formula is C9H16N2O. The van der Waals surface area contributed by atoms with Gasteiger partial charge in [-0.1, -0.05) is 6.92 Å². The Labute approximate surface area is 73.0 Å². The summed E-state index contributed by atoms with van der Waals surface area (Å²) in [6, 6.07) is 2.01. The molecule has 1 aromatic heterocycles. The van der Waals surface area contributed by atoms with Crippen LogP contribution in [-0.2, 0) is 13.5 Å². The molecule has 1 atom stereocenters. The van der Waals surface area contributed by atoms with Crippen LogP contribution in [0.5, 0.6) is 0 Å². The van der Waals surface area contributed by atoms with Gasteiger partial charge in [0, 0.05) is 19.2 Å². The number of aromatic nitrogens is 2. The Morgan fingerprint density at radius 1 is 1.67 bits per heavy atom. The SMILES string of the molecule is CCC(O)Cc1cc(C)nn1C. The number of aryl methyl sites for hydroxylation is 2. The molecular weight excluding hydrogens is 152 g/mol. The maximum Gasteiger partial charge on any atom is 0.0596 e. The molecule has 1 aromatic rings. The van der Waals surface area contributed by atoms with Gasteiger partial charge >= 0.3 is 0 Å². The van der Waals surface area contributed by atoms with Gasteiger partial charge < -0.3 is 5.11 Å². The molecule has 0 aliphatic heterocycles. The van der Waals surface area contributed by atoms with Crippen LogP contribution in [-0.4, -0.2) is 21.0 Å². The van der Waals surface area contributed by atoms with Crippen LogP contribution in [0.2, 0.25) is 0 Å². The highest BCUT2D eigenvalue weighted by atomic mass is 16.3. The number of hydrogen-bond donors (Lipinski definition) is 1. The van der Waals surface area contributed by atoms with Crippen molar-refractivity contribution < 1.29 is 5.11 Å².